The molecule has 0 atom stereocenters. The maximum absolute atomic E-state index is 4.88. The van der Waals surface area contributed by atoms with Gasteiger partial charge in [0.25, 0.3) is 0 Å². The molecule has 5 rings (SSSR count). The van der Waals surface area contributed by atoms with E-state index in [9.17, 15) is 0 Å². The Morgan fingerprint density at radius 2 is 1.72 bits per heavy atom. The molecule has 3 nitrogen and oxygen atoms in total. The molecular formula is C20H12BrN3S. The number of halogens is 1. The Morgan fingerprint density at radius 1 is 0.920 bits per heavy atom. The van der Waals surface area contributed by atoms with Gasteiger partial charge in [-0.3, -0.25) is 4.98 Å². The predicted octanol–water partition coefficient (Wildman–Crippen LogP) is 6.06. The number of nitrogens with zero attached hydrogens (tertiary/aromatic N) is 3. The molecule has 0 radical (unpaired) electrons. The van der Waals surface area contributed by atoms with Crippen LogP contribution >= 0.6 is 27.3 Å². The summed E-state index contributed by atoms with van der Waals surface area (Å²) in [5.74, 6) is 0. The summed E-state index contributed by atoms with van der Waals surface area (Å²) < 4.78 is 4.21. The maximum Gasteiger partial charge on any atom is 0.129 e. The van der Waals surface area contributed by atoms with E-state index in [-0.39, 0.29) is 0 Å². The first kappa shape index (κ1) is 14.8. The number of pyridine rings is 1. The Hall–Kier alpha value is -2.50. The van der Waals surface area contributed by atoms with Gasteiger partial charge in [0.05, 0.1) is 21.6 Å². The van der Waals surface area contributed by atoms with Crippen molar-refractivity contribution in [3.8, 4) is 17.1 Å². The van der Waals surface area contributed by atoms with Gasteiger partial charge in [-0.05, 0) is 47.2 Å². The van der Waals surface area contributed by atoms with Crippen molar-refractivity contribution in [2.75, 3.05) is 0 Å². The summed E-state index contributed by atoms with van der Waals surface area (Å²) in [5, 5.41) is 9.30. The van der Waals surface area contributed by atoms with Gasteiger partial charge in [-0.15, -0.1) is 11.3 Å². The molecule has 5 heteroatoms. The summed E-state index contributed by atoms with van der Waals surface area (Å²) in [6, 6.07) is 20.7. The second-order valence-electron chi connectivity index (χ2n) is 5.79. The van der Waals surface area contributed by atoms with Crippen LogP contribution in [0.1, 0.15) is 0 Å². The topological polar surface area (TPSA) is 30.7 Å². The average molecular weight is 406 g/mol. The summed E-state index contributed by atoms with van der Waals surface area (Å²) >= 11 is 5.19. The van der Waals surface area contributed by atoms with Crippen molar-refractivity contribution in [2.45, 2.75) is 0 Å². The van der Waals surface area contributed by atoms with E-state index in [0.717, 1.165) is 37.2 Å². The van der Waals surface area contributed by atoms with Crippen LogP contribution in [0.5, 0.6) is 0 Å². The summed E-state index contributed by atoms with van der Waals surface area (Å²) in [6.07, 6.45) is 1.92. The zero-order chi connectivity index (χ0) is 16.8. The van der Waals surface area contributed by atoms with Crippen molar-refractivity contribution in [3.05, 3.63) is 76.7 Å². The number of thiophene rings is 1. The van der Waals surface area contributed by atoms with Crippen LogP contribution in [-0.4, -0.2) is 14.8 Å². The third-order valence-corrected chi connectivity index (χ3v) is 5.67. The number of hydrogen-bond donors (Lipinski definition) is 0. The molecule has 3 heterocycles. The van der Waals surface area contributed by atoms with Crippen molar-refractivity contribution in [1.29, 1.82) is 0 Å². The molecule has 25 heavy (non-hydrogen) atoms. The molecule has 0 N–H and O–H groups in total. The van der Waals surface area contributed by atoms with Gasteiger partial charge < -0.3 is 0 Å². The SMILES string of the molecule is Brc1ccc(-n2nc(-c3cc4ccccc4cn3)c3sccc32)cc1. The van der Waals surface area contributed by atoms with E-state index < -0.39 is 0 Å². The smallest absolute Gasteiger partial charge is 0.129 e. The Labute approximate surface area is 156 Å². The molecule has 120 valence electrons. The Kier molecular flexibility index (Phi) is 3.43. The Balaban J connectivity index is 1.73. The molecule has 5 aromatic rings. The molecule has 0 bridgehead atoms. The lowest BCUT2D eigenvalue weighted by molar-refractivity contribution is 0.912. The van der Waals surface area contributed by atoms with Gasteiger partial charge in [-0.1, -0.05) is 40.2 Å². The van der Waals surface area contributed by atoms with Gasteiger partial charge in [0.1, 0.15) is 5.69 Å². The fraction of sp³-hybridized carbons (Fsp3) is 0. The molecule has 0 aliphatic heterocycles. The van der Waals surface area contributed by atoms with Crippen LogP contribution < -0.4 is 0 Å². The van der Waals surface area contributed by atoms with Gasteiger partial charge in [0.15, 0.2) is 0 Å². The molecular weight excluding hydrogens is 394 g/mol. The molecule has 0 unspecified atom stereocenters. The minimum absolute atomic E-state index is 0.905. The maximum atomic E-state index is 4.88. The van der Waals surface area contributed by atoms with Crippen LogP contribution in [0.15, 0.2) is 76.7 Å². The summed E-state index contributed by atoms with van der Waals surface area (Å²) in [6.45, 7) is 0. The van der Waals surface area contributed by atoms with Crippen molar-refractivity contribution in [3.63, 3.8) is 0 Å². The van der Waals surface area contributed by atoms with Crippen LogP contribution in [0.25, 0.3) is 38.1 Å². The Morgan fingerprint density at radius 3 is 2.56 bits per heavy atom. The monoisotopic (exact) mass is 405 g/mol. The zero-order valence-corrected chi connectivity index (χ0v) is 15.5. The number of hydrogen-bond acceptors (Lipinski definition) is 3. The van der Waals surface area contributed by atoms with E-state index >= 15 is 0 Å². The van der Waals surface area contributed by atoms with E-state index in [2.05, 4.69) is 62.7 Å². The Bertz CT molecular complexity index is 1200. The highest BCUT2D eigenvalue weighted by atomic mass is 79.9. The van der Waals surface area contributed by atoms with E-state index in [1.807, 2.05) is 35.1 Å². The lowest BCUT2D eigenvalue weighted by Gasteiger charge is -2.03. The minimum Gasteiger partial charge on any atom is -0.254 e. The van der Waals surface area contributed by atoms with Crippen LogP contribution in [0.4, 0.5) is 0 Å². The molecule has 0 spiro atoms. The normalized spacial score (nSPS) is 11.4. The van der Waals surface area contributed by atoms with Crippen molar-refractivity contribution >= 4 is 48.3 Å². The third-order valence-electron chi connectivity index (χ3n) is 4.23. The molecule has 0 saturated carbocycles. The minimum atomic E-state index is 0.905. The van der Waals surface area contributed by atoms with Crippen molar-refractivity contribution in [1.82, 2.24) is 14.8 Å². The van der Waals surface area contributed by atoms with E-state index in [4.69, 9.17) is 5.10 Å². The van der Waals surface area contributed by atoms with E-state index in [1.54, 1.807) is 11.3 Å². The molecule has 0 aliphatic rings. The lowest BCUT2D eigenvalue weighted by atomic mass is 10.1. The van der Waals surface area contributed by atoms with Gasteiger partial charge in [0.2, 0.25) is 0 Å². The highest BCUT2D eigenvalue weighted by Gasteiger charge is 2.16. The van der Waals surface area contributed by atoms with Gasteiger partial charge in [-0.25, -0.2) is 4.68 Å². The number of fused-ring (bicyclic) bond motifs is 2. The molecule has 0 amide bonds. The largest absolute Gasteiger partial charge is 0.254 e. The third kappa shape index (κ3) is 2.47. The van der Waals surface area contributed by atoms with E-state index in [0.29, 0.717) is 0 Å². The molecule has 0 saturated heterocycles. The van der Waals surface area contributed by atoms with Crippen LogP contribution in [0.3, 0.4) is 0 Å². The van der Waals surface area contributed by atoms with Crippen LogP contribution in [0.2, 0.25) is 0 Å². The first-order valence-corrected chi connectivity index (χ1v) is 9.54. The van der Waals surface area contributed by atoms with Crippen molar-refractivity contribution in [2.24, 2.45) is 0 Å². The molecule has 0 aliphatic carbocycles. The molecule has 0 fully saturated rings. The number of rotatable bonds is 2. The number of aromatic nitrogens is 3. The summed E-state index contributed by atoms with van der Waals surface area (Å²) in [4.78, 5) is 4.65. The van der Waals surface area contributed by atoms with Crippen molar-refractivity contribution < 1.29 is 0 Å². The quantitative estimate of drug-likeness (QED) is 0.357. The van der Waals surface area contributed by atoms with Gasteiger partial charge in [-0.2, -0.15) is 5.10 Å². The number of benzene rings is 2. The second kappa shape index (κ2) is 5.79. The van der Waals surface area contributed by atoms with Crippen LogP contribution in [-0.2, 0) is 0 Å². The molecule has 2 aromatic carbocycles. The van der Waals surface area contributed by atoms with Gasteiger partial charge >= 0.3 is 0 Å². The first-order chi connectivity index (χ1) is 12.3. The second-order valence-corrected chi connectivity index (χ2v) is 7.62. The lowest BCUT2D eigenvalue weighted by Crippen LogP contribution is -1.96. The van der Waals surface area contributed by atoms with E-state index in [1.165, 1.54) is 5.39 Å². The fourth-order valence-electron chi connectivity index (χ4n) is 3.01. The average Bonchev–Trinajstić information content (AvgIpc) is 3.25. The standard InChI is InChI=1S/C20H12BrN3S/c21-15-5-7-16(8-6-15)24-18-9-10-25-20(18)19(23-24)17-11-13-3-1-2-4-14(13)12-22-17/h1-12H. The predicted molar refractivity (Wildman–Crippen MR) is 107 cm³/mol. The first-order valence-electron chi connectivity index (χ1n) is 7.87. The zero-order valence-electron chi connectivity index (χ0n) is 13.1. The highest BCUT2D eigenvalue weighted by Crippen LogP contribution is 2.34. The summed E-state index contributed by atoms with van der Waals surface area (Å²) in [7, 11) is 0. The molecule has 3 aromatic heterocycles. The highest BCUT2D eigenvalue weighted by molar-refractivity contribution is 9.10. The summed E-state index contributed by atoms with van der Waals surface area (Å²) in [5.41, 5.74) is 3.98. The van der Waals surface area contributed by atoms with Gasteiger partial charge in [0, 0.05) is 16.1 Å². The fourth-order valence-corrected chi connectivity index (χ4v) is 4.14. The van der Waals surface area contributed by atoms with Crippen LogP contribution in [0, 0.1) is 0 Å².